The average molecular weight is 310 g/mol. The molecule has 2 rings (SSSR count). The quantitative estimate of drug-likeness (QED) is 0.875. The van der Waals surface area contributed by atoms with Crippen molar-refractivity contribution in [1.29, 1.82) is 0 Å². The molecular weight excluding hydrogens is 284 g/mol. The molecule has 1 aliphatic carbocycles. The highest BCUT2D eigenvalue weighted by atomic mass is 32.1. The van der Waals surface area contributed by atoms with Crippen LogP contribution in [-0.2, 0) is 10.2 Å². The van der Waals surface area contributed by atoms with E-state index in [-0.39, 0.29) is 11.3 Å². The Bertz CT molecular complexity index is 500. The fourth-order valence-electron chi connectivity index (χ4n) is 3.27. The average Bonchev–Trinajstić information content (AvgIpc) is 3.04. The van der Waals surface area contributed by atoms with Gasteiger partial charge in [0.1, 0.15) is 0 Å². The first-order valence-corrected chi connectivity index (χ1v) is 8.56. The zero-order valence-corrected chi connectivity index (χ0v) is 14.1. The summed E-state index contributed by atoms with van der Waals surface area (Å²) in [5.41, 5.74) is 0.0659. The van der Waals surface area contributed by atoms with Crippen LogP contribution in [0.1, 0.15) is 62.8 Å². The first kappa shape index (κ1) is 16.5. The second-order valence-electron chi connectivity index (χ2n) is 7.25. The summed E-state index contributed by atoms with van der Waals surface area (Å²) in [6, 6.07) is 4.03. The number of carboxylic acids is 1. The lowest BCUT2D eigenvalue weighted by Gasteiger charge is -2.21. The minimum absolute atomic E-state index is 0.0659. The van der Waals surface area contributed by atoms with Crippen molar-refractivity contribution in [3.8, 4) is 0 Å². The monoisotopic (exact) mass is 310 g/mol. The first-order chi connectivity index (χ1) is 9.74. The van der Waals surface area contributed by atoms with Crippen LogP contribution >= 0.6 is 11.3 Å². The Balaban J connectivity index is 2.20. The summed E-state index contributed by atoms with van der Waals surface area (Å²) in [4.78, 5) is 13.6. The van der Waals surface area contributed by atoms with Crippen molar-refractivity contribution >= 4 is 17.3 Å². The molecule has 4 atom stereocenters. The molecule has 1 fully saturated rings. The van der Waals surface area contributed by atoms with Crippen LogP contribution in [0.15, 0.2) is 12.1 Å². The molecule has 0 saturated heterocycles. The van der Waals surface area contributed by atoms with Crippen LogP contribution in [-0.4, -0.2) is 16.2 Å². The van der Waals surface area contributed by atoms with Crippen molar-refractivity contribution in [3.05, 3.63) is 21.9 Å². The van der Waals surface area contributed by atoms with Gasteiger partial charge in [-0.25, -0.2) is 0 Å². The molecule has 0 spiro atoms. The van der Waals surface area contributed by atoms with Crippen molar-refractivity contribution in [2.45, 2.75) is 58.5 Å². The van der Waals surface area contributed by atoms with Gasteiger partial charge < -0.3 is 10.2 Å². The highest BCUT2D eigenvalue weighted by Crippen LogP contribution is 2.46. The van der Waals surface area contributed by atoms with Crippen LogP contribution < -0.4 is 0 Å². The molecule has 1 aromatic heterocycles. The first-order valence-electron chi connectivity index (χ1n) is 7.75. The molecular formula is C17H26O3S. The van der Waals surface area contributed by atoms with Gasteiger partial charge in [-0.15, -0.1) is 11.3 Å². The van der Waals surface area contributed by atoms with Crippen LogP contribution in [0.25, 0.3) is 0 Å². The van der Waals surface area contributed by atoms with Crippen LogP contribution in [0.5, 0.6) is 0 Å². The zero-order chi connectivity index (χ0) is 15.8. The zero-order valence-electron chi connectivity index (χ0n) is 13.3. The lowest BCUT2D eigenvalue weighted by molar-refractivity contribution is -0.144. The molecule has 0 aliphatic heterocycles. The van der Waals surface area contributed by atoms with Crippen molar-refractivity contribution < 1.29 is 15.0 Å². The van der Waals surface area contributed by atoms with Crippen molar-refractivity contribution in [2.75, 3.05) is 0 Å². The van der Waals surface area contributed by atoms with Crippen LogP contribution in [0.4, 0.5) is 0 Å². The van der Waals surface area contributed by atoms with Crippen LogP contribution in [0.3, 0.4) is 0 Å². The van der Waals surface area contributed by atoms with E-state index in [1.807, 2.05) is 6.07 Å². The van der Waals surface area contributed by atoms with Gasteiger partial charge in [0.2, 0.25) is 0 Å². The van der Waals surface area contributed by atoms with E-state index in [1.54, 1.807) is 11.3 Å². The summed E-state index contributed by atoms with van der Waals surface area (Å²) >= 11 is 1.61. The van der Waals surface area contributed by atoms with Gasteiger partial charge in [-0.05, 0) is 36.3 Å². The Hall–Kier alpha value is -0.870. The Morgan fingerprint density at radius 2 is 2.05 bits per heavy atom. The normalized spacial score (nSPS) is 27.8. The largest absolute Gasteiger partial charge is 0.481 e. The van der Waals surface area contributed by atoms with Gasteiger partial charge in [0.15, 0.2) is 0 Å². The van der Waals surface area contributed by atoms with Gasteiger partial charge in [0.05, 0.1) is 12.0 Å². The Kier molecular flexibility index (Phi) is 4.79. The van der Waals surface area contributed by atoms with Gasteiger partial charge in [0, 0.05) is 15.7 Å². The third kappa shape index (κ3) is 3.49. The highest BCUT2D eigenvalue weighted by Gasteiger charge is 2.42. The van der Waals surface area contributed by atoms with Gasteiger partial charge in [-0.3, -0.25) is 4.79 Å². The third-order valence-corrected chi connectivity index (χ3v) is 6.25. The summed E-state index contributed by atoms with van der Waals surface area (Å²) < 4.78 is 0. The molecule has 0 radical (unpaired) electrons. The maximum absolute atomic E-state index is 11.5. The van der Waals surface area contributed by atoms with Crippen LogP contribution in [0.2, 0.25) is 0 Å². The molecule has 4 heteroatoms. The molecule has 0 amide bonds. The van der Waals surface area contributed by atoms with Gasteiger partial charge in [-0.1, -0.05) is 34.1 Å². The Labute approximate surface area is 131 Å². The van der Waals surface area contributed by atoms with Gasteiger partial charge in [-0.2, -0.15) is 0 Å². The molecule has 3 nitrogen and oxygen atoms in total. The molecule has 1 saturated carbocycles. The number of rotatable bonds is 4. The number of carboxylic acid groups (broad SMARTS) is 1. The van der Waals surface area contributed by atoms with Gasteiger partial charge >= 0.3 is 5.97 Å². The number of aliphatic hydroxyl groups is 1. The van der Waals surface area contributed by atoms with E-state index in [1.165, 1.54) is 4.88 Å². The summed E-state index contributed by atoms with van der Waals surface area (Å²) in [5.74, 6) is -0.903. The van der Waals surface area contributed by atoms with E-state index in [0.717, 1.165) is 17.7 Å². The van der Waals surface area contributed by atoms with E-state index in [0.29, 0.717) is 12.3 Å². The number of aliphatic hydroxyl groups excluding tert-OH is 1. The van der Waals surface area contributed by atoms with E-state index in [2.05, 4.69) is 33.8 Å². The molecule has 1 heterocycles. The lowest BCUT2D eigenvalue weighted by atomic mass is 9.90. The summed E-state index contributed by atoms with van der Waals surface area (Å²) in [7, 11) is 0. The number of carbonyl (C=O) groups is 1. The second-order valence-corrected chi connectivity index (χ2v) is 8.37. The Morgan fingerprint density at radius 3 is 2.52 bits per heavy atom. The summed E-state index contributed by atoms with van der Waals surface area (Å²) in [6.45, 7) is 8.55. The topological polar surface area (TPSA) is 57.5 Å². The van der Waals surface area contributed by atoms with Crippen LogP contribution in [0, 0.1) is 17.8 Å². The molecule has 4 unspecified atom stereocenters. The second kappa shape index (κ2) is 6.09. The summed E-state index contributed by atoms with van der Waals surface area (Å²) in [6.07, 6.45) is 1.86. The predicted molar refractivity (Wildman–Crippen MR) is 85.6 cm³/mol. The number of hydrogen-bond donors (Lipinski definition) is 2. The third-order valence-electron chi connectivity index (χ3n) is 4.67. The van der Waals surface area contributed by atoms with E-state index < -0.39 is 18.0 Å². The fraction of sp³-hybridized carbons (Fsp3) is 0.706. The molecule has 21 heavy (non-hydrogen) atoms. The van der Waals surface area contributed by atoms with Crippen molar-refractivity contribution in [1.82, 2.24) is 0 Å². The molecule has 0 aromatic carbocycles. The van der Waals surface area contributed by atoms with Crippen molar-refractivity contribution in [3.63, 3.8) is 0 Å². The van der Waals surface area contributed by atoms with E-state index in [9.17, 15) is 15.0 Å². The van der Waals surface area contributed by atoms with Gasteiger partial charge in [0.25, 0.3) is 0 Å². The predicted octanol–water partition coefficient (Wildman–Crippen LogP) is 4.22. The smallest absolute Gasteiger partial charge is 0.306 e. The standard InChI is InChI=1S/C17H26O3S/c1-5-10-8-11(12(9-10)16(19)20)15(18)13-6-7-14(21-13)17(2,3)4/h6-7,10-12,15,18H,5,8-9H2,1-4H3,(H,19,20). The highest BCUT2D eigenvalue weighted by molar-refractivity contribution is 7.12. The van der Waals surface area contributed by atoms with E-state index in [4.69, 9.17) is 0 Å². The minimum Gasteiger partial charge on any atom is -0.481 e. The number of thiophene rings is 1. The molecule has 1 aliphatic rings. The molecule has 2 N–H and O–H groups in total. The Morgan fingerprint density at radius 1 is 1.38 bits per heavy atom. The fourth-order valence-corrected chi connectivity index (χ4v) is 4.40. The lowest BCUT2D eigenvalue weighted by Crippen LogP contribution is -2.23. The number of hydrogen-bond acceptors (Lipinski definition) is 3. The maximum Gasteiger partial charge on any atom is 0.306 e. The maximum atomic E-state index is 11.5. The van der Waals surface area contributed by atoms with E-state index >= 15 is 0 Å². The SMILES string of the molecule is CCC1CC(C(=O)O)C(C(O)c2ccc(C(C)(C)C)s2)C1. The minimum atomic E-state index is -0.761. The number of aliphatic carboxylic acids is 1. The molecule has 0 bridgehead atoms. The summed E-state index contributed by atoms with van der Waals surface area (Å²) in [5, 5.41) is 20.1. The molecule has 118 valence electrons. The molecule has 1 aromatic rings. The van der Waals surface area contributed by atoms with Crippen molar-refractivity contribution in [2.24, 2.45) is 17.8 Å².